The van der Waals surface area contributed by atoms with Crippen LogP contribution >= 0.6 is 0 Å². The summed E-state index contributed by atoms with van der Waals surface area (Å²) in [6.45, 7) is 1.13. The molecule has 9 heteroatoms. The molecule has 1 aliphatic rings. The summed E-state index contributed by atoms with van der Waals surface area (Å²) in [6, 6.07) is 11.0. The smallest absolute Gasteiger partial charge is 0.349 e. The fraction of sp³-hybridized carbons (Fsp3) is 0.312. The molecule has 0 saturated heterocycles. The molecule has 3 heterocycles. The van der Waals surface area contributed by atoms with Gasteiger partial charge in [-0.25, -0.2) is 0 Å². The molecule has 3 aromatic rings. The van der Waals surface area contributed by atoms with E-state index in [1.807, 2.05) is 29.2 Å². The number of nitrogens with zero attached hydrogens (tertiary/aromatic N) is 5. The lowest BCUT2D eigenvalue weighted by atomic mass is 9.96. The predicted octanol–water partition coefficient (Wildman–Crippen LogP) is 2.25. The Morgan fingerprint density at radius 1 is 1.12 bits per heavy atom. The van der Waals surface area contributed by atoms with Crippen molar-refractivity contribution in [1.82, 2.24) is 19.8 Å². The van der Waals surface area contributed by atoms with Crippen LogP contribution in [0.25, 0.3) is 5.65 Å². The standard InChI is InChI=1S/C16H15F3N6/c17-16(18,19)7-15-22-21-13-5-6-14(23-25(13)15)24-8-10-3-1-2-4-11(10)12(20)9-24/h1-6,12H,7-9,20H2. The number of alkyl halides is 3. The highest BCUT2D eigenvalue weighted by atomic mass is 19.4. The molecule has 0 radical (unpaired) electrons. The molecule has 0 spiro atoms. The van der Waals surface area contributed by atoms with Crippen molar-refractivity contribution < 1.29 is 13.2 Å². The number of fused-ring (bicyclic) bond motifs is 2. The summed E-state index contributed by atoms with van der Waals surface area (Å²) in [5.41, 5.74) is 8.68. The van der Waals surface area contributed by atoms with Crippen LogP contribution in [0.2, 0.25) is 0 Å². The first kappa shape index (κ1) is 15.8. The van der Waals surface area contributed by atoms with Crippen LogP contribution in [0.5, 0.6) is 0 Å². The van der Waals surface area contributed by atoms with Crippen LogP contribution in [0.15, 0.2) is 36.4 Å². The van der Waals surface area contributed by atoms with Gasteiger partial charge in [-0.15, -0.1) is 15.3 Å². The average Bonchev–Trinajstić information content (AvgIpc) is 2.95. The molecule has 2 aromatic heterocycles. The minimum absolute atomic E-state index is 0.182. The predicted molar refractivity (Wildman–Crippen MR) is 85.0 cm³/mol. The van der Waals surface area contributed by atoms with E-state index in [4.69, 9.17) is 5.73 Å². The number of rotatable bonds is 2. The van der Waals surface area contributed by atoms with E-state index in [0.717, 1.165) is 15.6 Å². The first-order valence-corrected chi connectivity index (χ1v) is 7.77. The van der Waals surface area contributed by atoms with Crippen molar-refractivity contribution >= 4 is 11.5 Å². The van der Waals surface area contributed by atoms with Crippen molar-refractivity contribution in [2.45, 2.75) is 25.2 Å². The molecule has 1 aliphatic heterocycles. The van der Waals surface area contributed by atoms with Crippen LogP contribution < -0.4 is 10.6 Å². The first-order valence-electron chi connectivity index (χ1n) is 7.77. The molecule has 1 unspecified atom stereocenters. The number of hydrogen-bond acceptors (Lipinski definition) is 5. The van der Waals surface area contributed by atoms with E-state index in [2.05, 4.69) is 15.3 Å². The lowest BCUT2D eigenvalue weighted by molar-refractivity contribution is -0.128. The second kappa shape index (κ2) is 5.69. The zero-order valence-corrected chi connectivity index (χ0v) is 13.1. The third-order valence-corrected chi connectivity index (χ3v) is 4.23. The molecule has 0 bridgehead atoms. The summed E-state index contributed by atoms with van der Waals surface area (Å²) in [7, 11) is 0. The summed E-state index contributed by atoms with van der Waals surface area (Å²) < 4.78 is 39.2. The molecule has 0 amide bonds. The van der Waals surface area contributed by atoms with E-state index in [9.17, 15) is 13.2 Å². The highest BCUT2D eigenvalue weighted by Gasteiger charge is 2.31. The van der Waals surface area contributed by atoms with Crippen LogP contribution in [0, 0.1) is 0 Å². The van der Waals surface area contributed by atoms with Crippen molar-refractivity contribution in [3.8, 4) is 0 Å². The maximum atomic E-state index is 12.7. The van der Waals surface area contributed by atoms with Gasteiger partial charge in [0.1, 0.15) is 12.2 Å². The van der Waals surface area contributed by atoms with Crippen molar-refractivity contribution in [3.63, 3.8) is 0 Å². The number of anilines is 1. The van der Waals surface area contributed by atoms with Crippen molar-refractivity contribution in [3.05, 3.63) is 53.3 Å². The third-order valence-electron chi connectivity index (χ3n) is 4.23. The van der Waals surface area contributed by atoms with Crippen LogP contribution in [0.1, 0.15) is 23.0 Å². The van der Waals surface area contributed by atoms with Gasteiger partial charge in [-0.05, 0) is 23.3 Å². The maximum absolute atomic E-state index is 12.7. The molecule has 130 valence electrons. The summed E-state index contributed by atoms with van der Waals surface area (Å²) in [4.78, 5) is 1.95. The van der Waals surface area contributed by atoms with Gasteiger partial charge in [-0.3, -0.25) is 0 Å². The largest absolute Gasteiger partial charge is 0.396 e. The average molecular weight is 348 g/mol. The lowest BCUT2D eigenvalue weighted by Gasteiger charge is -2.33. The first-order chi connectivity index (χ1) is 11.9. The molecule has 0 fully saturated rings. The molecular weight excluding hydrogens is 333 g/mol. The Balaban J connectivity index is 1.69. The second-order valence-corrected chi connectivity index (χ2v) is 6.06. The minimum atomic E-state index is -4.37. The van der Waals surface area contributed by atoms with E-state index in [1.54, 1.807) is 12.1 Å². The van der Waals surface area contributed by atoms with Gasteiger partial charge in [0.15, 0.2) is 11.5 Å². The maximum Gasteiger partial charge on any atom is 0.396 e. The molecule has 1 aromatic carbocycles. The molecule has 4 rings (SSSR count). The van der Waals surface area contributed by atoms with E-state index >= 15 is 0 Å². The number of hydrogen-bond donors (Lipinski definition) is 1. The van der Waals surface area contributed by atoms with Gasteiger partial charge < -0.3 is 10.6 Å². The van der Waals surface area contributed by atoms with Gasteiger partial charge >= 0.3 is 6.18 Å². The molecule has 6 nitrogen and oxygen atoms in total. The highest BCUT2D eigenvalue weighted by Crippen LogP contribution is 2.28. The van der Waals surface area contributed by atoms with Crippen LogP contribution in [-0.2, 0) is 13.0 Å². The van der Waals surface area contributed by atoms with E-state index in [0.29, 0.717) is 18.9 Å². The Kier molecular flexibility index (Phi) is 3.60. The van der Waals surface area contributed by atoms with Crippen molar-refractivity contribution in [2.24, 2.45) is 5.73 Å². The zero-order chi connectivity index (χ0) is 17.6. The highest BCUT2D eigenvalue weighted by molar-refractivity contribution is 5.49. The van der Waals surface area contributed by atoms with Crippen LogP contribution in [-0.4, -0.2) is 32.5 Å². The molecule has 2 N–H and O–H groups in total. The molecular formula is C16H15F3N6. The number of benzene rings is 1. The Labute approximate surface area is 141 Å². The van der Waals surface area contributed by atoms with Crippen LogP contribution in [0.4, 0.5) is 19.0 Å². The summed E-state index contributed by atoms with van der Waals surface area (Å²) in [6.07, 6.45) is -5.54. The quantitative estimate of drug-likeness (QED) is 0.769. The van der Waals surface area contributed by atoms with Crippen molar-refractivity contribution in [2.75, 3.05) is 11.4 Å². The summed E-state index contributed by atoms with van der Waals surface area (Å²) in [5.74, 6) is 0.312. The second-order valence-electron chi connectivity index (χ2n) is 6.06. The SMILES string of the molecule is NC1CN(c2ccc3nnc(CC(F)(F)F)n3n2)Cc2ccccc21. The van der Waals surface area contributed by atoms with Crippen LogP contribution in [0.3, 0.4) is 0 Å². The fourth-order valence-corrected chi connectivity index (χ4v) is 3.10. The number of halogens is 3. The summed E-state index contributed by atoms with van der Waals surface area (Å²) in [5, 5.41) is 11.7. The van der Waals surface area contributed by atoms with Gasteiger partial charge in [0.25, 0.3) is 0 Å². The molecule has 0 saturated carbocycles. The zero-order valence-electron chi connectivity index (χ0n) is 13.1. The normalized spacial score (nSPS) is 17.8. The topological polar surface area (TPSA) is 72.3 Å². The number of nitrogens with two attached hydrogens (primary N) is 1. The van der Waals surface area contributed by atoms with E-state index in [-0.39, 0.29) is 17.5 Å². The minimum Gasteiger partial charge on any atom is -0.349 e. The fourth-order valence-electron chi connectivity index (χ4n) is 3.10. The summed E-state index contributed by atoms with van der Waals surface area (Å²) >= 11 is 0. The van der Waals surface area contributed by atoms with Crippen molar-refractivity contribution in [1.29, 1.82) is 0 Å². The molecule has 25 heavy (non-hydrogen) atoms. The Morgan fingerprint density at radius 3 is 2.72 bits per heavy atom. The molecule has 0 aliphatic carbocycles. The third kappa shape index (κ3) is 3.02. The van der Waals surface area contributed by atoms with E-state index < -0.39 is 12.6 Å². The number of aromatic nitrogens is 4. The Hall–Kier alpha value is -2.68. The monoisotopic (exact) mass is 348 g/mol. The van der Waals surface area contributed by atoms with Gasteiger partial charge in [-0.2, -0.15) is 17.7 Å². The Morgan fingerprint density at radius 2 is 1.92 bits per heavy atom. The van der Waals surface area contributed by atoms with Gasteiger partial charge in [0.2, 0.25) is 0 Å². The van der Waals surface area contributed by atoms with E-state index in [1.165, 1.54) is 0 Å². The van der Waals surface area contributed by atoms with Gasteiger partial charge in [0, 0.05) is 19.1 Å². The van der Waals surface area contributed by atoms with Gasteiger partial charge in [-0.1, -0.05) is 24.3 Å². The van der Waals surface area contributed by atoms with Gasteiger partial charge in [0.05, 0.1) is 0 Å². The Bertz CT molecular complexity index is 920. The molecule has 1 atom stereocenters. The lowest BCUT2D eigenvalue weighted by Crippen LogP contribution is -2.37.